The molecule has 0 spiro atoms. The molecule has 0 radical (unpaired) electrons. The van der Waals surface area contributed by atoms with Crippen molar-refractivity contribution in [3.8, 4) is 0 Å². The van der Waals surface area contributed by atoms with Crippen LogP contribution in [0.3, 0.4) is 0 Å². The Kier molecular flexibility index (Phi) is 4.54. The normalized spacial score (nSPS) is 15.3. The molecular formula is C13H21N5O. The Labute approximate surface area is 113 Å². The third kappa shape index (κ3) is 3.81. The molecular weight excluding hydrogens is 242 g/mol. The molecule has 1 saturated heterocycles. The first-order chi connectivity index (χ1) is 9.19. The van der Waals surface area contributed by atoms with E-state index in [9.17, 15) is 4.79 Å². The van der Waals surface area contributed by atoms with Gasteiger partial charge in [-0.2, -0.15) is 0 Å². The molecule has 1 aliphatic heterocycles. The van der Waals surface area contributed by atoms with E-state index in [0.29, 0.717) is 17.5 Å². The van der Waals surface area contributed by atoms with Crippen LogP contribution in [0, 0.1) is 0 Å². The first-order valence-electron chi connectivity index (χ1n) is 6.84. The van der Waals surface area contributed by atoms with E-state index < -0.39 is 0 Å². The van der Waals surface area contributed by atoms with Crippen LogP contribution in [0.2, 0.25) is 0 Å². The number of piperidine rings is 1. The molecule has 0 bridgehead atoms. The highest BCUT2D eigenvalue weighted by Gasteiger charge is 2.16. The van der Waals surface area contributed by atoms with Gasteiger partial charge in [-0.3, -0.25) is 4.79 Å². The molecule has 3 N–H and O–H groups in total. The van der Waals surface area contributed by atoms with E-state index in [2.05, 4.69) is 15.3 Å². The van der Waals surface area contributed by atoms with Crippen molar-refractivity contribution in [3.05, 3.63) is 11.9 Å². The van der Waals surface area contributed by atoms with Gasteiger partial charge in [0, 0.05) is 25.6 Å². The second kappa shape index (κ2) is 6.36. The molecule has 1 aromatic rings. The van der Waals surface area contributed by atoms with Crippen molar-refractivity contribution in [2.75, 3.05) is 30.7 Å². The number of carbonyl (C=O) groups is 1. The minimum Gasteiger partial charge on any atom is -0.384 e. The molecule has 0 saturated carbocycles. The number of hydrogen-bond acceptors (Lipinski definition) is 5. The molecule has 1 aromatic heterocycles. The van der Waals surface area contributed by atoms with Gasteiger partial charge in [-0.05, 0) is 19.3 Å². The molecule has 2 rings (SSSR count). The number of nitrogens with two attached hydrogens (primary N) is 1. The molecule has 0 unspecified atom stereocenters. The molecule has 0 aromatic carbocycles. The summed E-state index contributed by atoms with van der Waals surface area (Å²) in [6.07, 6.45) is 4.15. The van der Waals surface area contributed by atoms with Crippen molar-refractivity contribution in [3.63, 3.8) is 0 Å². The maximum atomic E-state index is 12.0. The van der Waals surface area contributed by atoms with Gasteiger partial charge >= 0.3 is 0 Å². The highest BCUT2D eigenvalue weighted by atomic mass is 16.2. The van der Waals surface area contributed by atoms with Gasteiger partial charge in [-0.1, -0.05) is 6.92 Å². The van der Waals surface area contributed by atoms with Gasteiger partial charge in [0.15, 0.2) is 0 Å². The van der Waals surface area contributed by atoms with Gasteiger partial charge in [-0.15, -0.1) is 0 Å². The summed E-state index contributed by atoms with van der Waals surface area (Å²) in [5.74, 6) is 1.86. The quantitative estimate of drug-likeness (QED) is 0.848. The summed E-state index contributed by atoms with van der Waals surface area (Å²) < 4.78 is 0. The fourth-order valence-corrected chi connectivity index (χ4v) is 2.19. The van der Waals surface area contributed by atoms with E-state index in [1.807, 2.05) is 11.8 Å². The average molecular weight is 263 g/mol. The van der Waals surface area contributed by atoms with Crippen molar-refractivity contribution < 1.29 is 4.79 Å². The van der Waals surface area contributed by atoms with Crippen LogP contribution in [0.15, 0.2) is 6.07 Å². The van der Waals surface area contributed by atoms with Crippen molar-refractivity contribution >= 4 is 17.5 Å². The molecule has 1 amide bonds. The highest BCUT2D eigenvalue weighted by Crippen LogP contribution is 2.11. The first-order valence-corrected chi connectivity index (χ1v) is 6.84. The maximum absolute atomic E-state index is 12.0. The number of nitrogen functional groups attached to an aromatic ring is 1. The topological polar surface area (TPSA) is 84.1 Å². The fraction of sp³-hybridized carbons (Fsp3) is 0.615. The van der Waals surface area contributed by atoms with Gasteiger partial charge in [0.05, 0.1) is 6.54 Å². The molecule has 19 heavy (non-hydrogen) atoms. The van der Waals surface area contributed by atoms with E-state index in [-0.39, 0.29) is 12.5 Å². The van der Waals surface area contributed by atoms with Crippen LogP contribution in [0.5, 0.6) is 0 Å². The third-order valence-electron chi connectivity index (χ3n) is 3.24. The zero-order valence-corrected chi connectivity index (χ0v) is 11.4. The number of hydrogen-bond donors (Lipinski definition) is 2. The maximum Gasteiger partial charge on any atom is 0.241 e. The number of nitrogens with zero attached hydrogens (tertiary/aromatic N) is 3. The molecule has 6 nitrogen and oxygen atoms in total. The minimum absolute atomic E-state index is 0.120. The highest BCUT2D eigenvalue weighted by molar-refractivity contribution is 5.80. The summed E-state index contributed by atoms with van der Waals surface area (Å²) >= 11 is 0. The van der Waals surface area contributed by atoms with Crippen LogP contribution in [-0.2, 0) is 11.2 Å². The smallest absolute Gasteiger partial charge is 0.241 e. The van der Waals surface area contributed by atoms with Crippen molar-refractivity contribution in [2.24, 2.45) is 0 Å². The summed E-state index contributed by atoms with van der Waals surface area (Å²) in [6.45, 7) is 3.97. The Morgan fingerprint density at radius 2 is 2.11 bits per heavy atom. The van der Waals surface area contributed by atoms with Crippen LogP contribution < -0.4 is 11.1 Å². The zero-order valence-electron chi connectivity index (χ0n) is 11.4. The number of aryl methyl sites for hydroxylation is 1. The number of anilines is 2. The average Bonchev–Trinajstić information content (AvgIpc) is 2.45. The van der Waals surface area contributed by atoms with E-state index >= 15 is 0 Å². The Bertz CT molecular complexity index is 443. The molecule has 6 heteroatoms. The molecule has 2 heterocycles. The second-order valence-electron chi connectivity index (χ2n) is 4.74. The van der Waals surface area contributed by atoms with Crippen LogP contribution in [-0.4, -0.2) is 40.4 Å². The van der Waals surface area contributed by atoms with Crippen molar-refractivity contribution in [2.45, 2.75) is 32.6 Å². The van der Waals surface area contributed by atoms with Gasteiger partial charge in [0.25, 0.3) is 0 Å². The molecule has 1 fully saturated rings. The zero-order chi connectivity index (χ0) is 13.7. The standard InChI is InChI=1S/C13H21N5O/c1-2-11-16-10(14)8-12(17-11)15-9-13(19)18-6-4-3-5-7-18/h8H,2-7,9H2,1H3,(H3,14,15,16,17). The summed E-state index contributed by atoms with van der Waals surface area (Å²) in [5.41, 5.74) is 5.70. The predicted octanol–water partition coefficient (Wildman–Crippen LogP) is 1.05. The summed E-state index contributed by atoms with van der Waals surface area (Å²) in [4.78, 5) is 22.3. The molecule has 0 aliphatic carbocycles. The lowest BCUT2D eigenvalue weighted by Gasteiger charge is -2.26. The van der Waals surface area contributed by atoms with Gasteiger partial charge in [-0.25, -0.2) is 9.97 Å². The SMILES string of the molecule is CCc1nc(N)cc(NCC(=O)N2CCCCC2)n1. The number of aromatic nitrogens is 2. The number of amides is 1. The van der Waals surface area contributed by atoms with E-state index in [4.69, 9.17) is 5.73 Å². The van der Waals surface area contributed by atoms with E-state index in [0.717, 1.165) is 32.4 Å². The lowest BCUT2D eigenvalue weighted by atomic mass is 10.1. The van der Waals surface area contributed by atoms with Crippen molar-refractivity contribution in [1.29, 1.82) is 0 Å². The van der Waals surface area contributed by atoms with Gasteiger partial charge < -0.3 is 16.0 Å². The lowest BCUT2D eigenvalue weighted by molar-refractivity contribution is -0.130. The van der Waals surface area contributed by atoms with Crippen LogP contribution in [0.25, 0.3) is 0 Å². The predicted molar refractivity (Wildman–Crippen MR) is 74.7 cm³/mol. The van der Waals surface area contributed by atoms with Crippen LogP contribution >= 0.6 is 0 Å². The van der Waals surface area contributed by atoms with E-state index in [1.165, 1.54) is 6.42 Å². The number of nitrogens with one attached hydrogen (secondary N) is 1. The first kappa shape index (κ1) is 13.6. The Morgan fingerprint density at radius 3 is 2.79 bits per heavy atom. The van der Waals surface area contributed by atoms with Crippen molar-refractivity contribution in [1.82, 2.24) is 14.9 Å². The fourth-order valence-electron chi connectivity index (χ4n) is 2.19. The van der Waals surface area contributed by atoms with Crippen LogP contribution in [0.1, 0.15) is 32.0 Å². The monoisotopic (exact) mass is 263 g/mol. The number of carbonyl (C=O) groups excluding carboxylic acids is 1. The van der Waals surface area contributed by atoms with Crippen LogP contribution in [0.4, 0.5) is 11.6 Å². The lowest BCUT2D eigenvalue weighted by Crippen LogP contribution is -2.39. The van der Waals surface area contributed by atoms with Gasteiger partial charge in [0.2, 0.25) is 5.91 Å². The summed E-state index contributed by atoms with van der Waals surface area (Å²) in [6, 6.07) is 1.66. The second-order valence-corrected chi connectivity index (χ2v) is 4.74. The molecule has 0 atom stereocenters. The van der Waals surface area contributed by atoms with Gasteiger partial charge in [0.1, 0.15) is 17.5 Å². The third-order valence-corrected chi connectivity index (χ3v) is 3.24. The Morgan fingerprint density at radius 1 is 1.37 bits per heavy atom. The van der Waals surface area contributed by atoms with E-state index in [1.54, 1.807) is 6.07 Å². The summed E-state index contributed by atoms with van der Waals surface area (Å²) in [7, 11) is 0. The minimum atomic E-state index is 0.120. The Hall–Kier alpha value is -1.85. The molecule has 1 aliphatic rings. The largest absolute Gasteiger partial charge is 0.384 e. The number of likely N-dealkylation sites (tertiary alicyclic amines) is 1. The number of rotatable bonds is 4. The summed E-state index contributed by atoms with van der Waals surface area (Å²) in [5, 5.41) is 3.03. The molecule has 104 valence electrons. The Balaban J connectivity index is 1.90.